The van der Waals surface area contributed by atoms with E-state index in [1.807, 2.05) is 0 Å². The van der Waals surface area contributed by atoms with Crippen molar-refractivity contribution >= 4 is 11.0 Å². The maximum atomic E-state index is 4.94. The molecule has 2 aliphatic rings. The van der Waals surface area contributed by atoms with Crippen molar-refractivity contribution in [3.8, 4) is 0 Å². The Labute approximate surface area is 168 Å². The van der Waals surface area contributed by atoms with Gasteiger partial charge in [-0.1, -0.05) is 27.7 Å². The van der Waals surface area contributed by atoms with E-state index in [0.29, 0.717) is 0 Å². The molecular weight excluding hydrogens is 348 g/mol. The first-order valence-electron chi connectivity index (χ1n) is 10.3. The van der Waals surface area contributed by atoms with Gasteiger partial charge in [-0.05, 0) is 48.9 Å². The molecule has 0 aromatic carbocycles. The number of nitrogens with one attached hydrogen (secondary N) is 4. The lowest BCUT2D eigenvalue weighted by Crippen LogP contribution is -2.62. The predicted molar refractivity (Wildman–Crippen MR) is 114 cm³/mol. The van der Waals surface area contributed by atoms with Crippen molar-refractivity contribution in [1.82, 2.24) is 31.2 Å². The lowest BCUT2D eigenvalue weighted by molar-refractivity contribution is 0.144. The lowest BCUT2D eigenvalue weighted by Gasteiger charge is -2.43. The third-order valence-corrected chi connectivity index (χ3v) is 6.26. The van der Waals surface area contributed by atoms with Gasteiger partial charge >= 0.3 is 0 Å². The summed E-state index contributed by atoms with van der Waals surface area (Å²) in [6.07, 6.45) is 0. The van der Waals surface area contributed by atoms with Crippen LogP contribution < -0.4 is 21.3 Å². The first-order valence-corrected chi connectivity index (χ1v) is 10.3. The molecule has 0 bridgehead atoms. The second-order valence-electron chi connectivity index (χ2n) is 10.4. The first kappa shape index (κ1) is 19.7. The average molecular weight is 383 g/mol. The molecule has 0 spiro atoms. The molecule has 0 aliphatic carbocycles. The molecule has 0 radical (unpaired) electrons. The van der Waals surface area contributed by atoms with Crippen molar-refractivity contribution in [2.75, 3.05) is 26.2 Å². The lowest BCUT2D eigenvalue weighted by atomic mass is 9.88. The topological polar surface area (TPSA) is 73.9 Å². The van der Waals surface area contributed by atoms with Crippen LogP contribution in [0.5, 0.6) is 0 Å². The molecule has 0 amide bonds. The third-order valence-electron chi connectivity index (χ3n) is 6.26. The van der Waals surface area contributed by atoms with Crippen molar-refractivity contribution in [3.63, 3.8) is 0 Å². The molecule has 6 heteroatoms. The van der Waals surface area contributed by atoms with E-state index in [1.54, 1.807) is 0 Å². The molecule has 4 heterocycles. The van der Waals surface area contributed by atoms with Crippen LogP contribution in [0, 0.1) is 10.8 Å². The molecule has 0 atom stereocenters. The fourth-order valence-corrected chi connectivity index (χ4v) is 3.83. The van der Waals surface area contributed by atoms with Crippen LogP contribution >= 0.6 is 0 Å². The normalized spacial score (nSPS) is 25.5. The Morgan fingerprint density at radius 3 is 1.32 bits per heavy atom. The average Bonchev–Trinajstić information content (AvgIpc) is 2.66. The Hall–Kier alpha value is -1.60. The summed E-state index contributed by atoms with van der Waals surface area (Å²) in [4.78, 5) is 9.88. The Morgan fingerprint density at radius 1 is 0.607 bits per heavy atom. The van der Waals surface area contributed by atoms with Crippen LogP contribution in [-0.2, 0) is 11.3 Å². The van der Waals surface area contributed by atoms with Crippen LogP contribution in [0.3, 0.4) is 0 Å². The number of fused-ring (bicyclic) bond motifs is 1. The molecule has 6 nitrogen and oxygen atoms in total. The van der Waals surface area contributed by atoms with Gasteiger partial charge in [-0.3, -0.25) is 21.3 Å². The van der Waals surface area contributed by atoms with Crippen LogP contribution in [0.15, 0.2) is 24.3 Å². The summed E-state index contributed by atoms with van der Waals surface area (Å²) in [6.45, 7) is 17.2. The monoisotopic (exact) mass is 382 g/mol. The molecule has 0 unspecified atom stereocenters. The van der Waals surface area contributed by atoms with Crippen molar-refractivity contribution in [2.24, 2.45) is 10.8 Å². The second-order valence-corrected chi connectivity index (χ2v) is 10.4. The third kappa shape index (κ3) is 3.66. The second kappa shape index (κ2) is 6.46. The number of hydrogen-bond acceptors (Lipinski definition) is 6. The maximum Gasteiger partial charge on any atom is 0.159 e. The molecule has 2 fully saturated rings. The molecule has 4 N–H and O–H groups in total. The van der Waals surface area contributed by atoms with E-state index in [9.17, 15) is 0 Å². The minimum atomic E-state index is -0.337. The van der Waals surface area contributed by atoms with Gasteiger partial charge in [0.2, 0.25) is 0 Å². The van der Waals surface area contributed by atoms with E-state index < -0.39 is 0 Å². The van der Waals surface area contributed by atoms with Gasteiger partial charge < -0.3 is 0 Å². The molecule has 152 valence electrons. The highest BCUT2D eigenvalue weighted by atomic mass is 15.2. The molecule has 28 heavy (non-hydrogen) atoms. The molecule has 2 aromatic rings. The van der Waals surface area contributed by atoms with Crippen LogP contribution in [-0.4, -0.2) is 36.1 Å². The largest absolute Gasteiger partial charge is 0.294 e. The summed E-state index contributed by atoms with van der Waals surface area (Å²) in [7, 11) is 0. The zero-order chi connectivity index (χ0) is 20.2. The minimum absolute atomic E-state index is 0.239. The number of nitrogens with zero attached hydrogens (tertiary/aromatic N) is 2. The van der Waals surface area contributed by atoms with Crippen molar-refractivity contribution in [2.45, 2.75) is 52.9 Å². The quantitative estimate of drug-likeness (QED) is 0.639. The fraction of sp³-hybridized carbons (Fsp3) is 0.636. The Bertz CT molecular complexity index is 799. The van der Waals surface area contributed by atoms with E-state index in [1.165, 1.54) is 0 Å². The van der Waals surface area contributed by atoms with Gasteiger partial charge in [-0.2, -0.15) is 0 Å². The van der Waals surface area contributed by atoms with Crippen LogP contribution in [0.4, 0.5) is 0 Å². The highest BCUT2D eigenvalue weighted by Crippen LogP contribution is 2.28. The van der Waals surface area contributed by atoms with Crippen molar-refractivity contribution in [1.29, 1.82) is 0 Å². The molecule has 2 aliphatic heterocycles. The van der Waals surface area contributed by atoms with E-state index in [4.69, 9.17) is 9.97 Å². The van der Waals surface area contributed by atoms with Crippen LogP contribution in [0.1, 0.15) is 52.9 Å². The number of aromatic nitrogens is 2. The fourth-order valence-electron chi connectivity index (χ4n) is 3.83. The van der Waals surface area contributed by atoms with Crippen LogP contribution in [0.25, 0.3) is 11.0 Å². The summed E-state index contributed by atoms with van der Waals surface area (Å²) in [5, 5.41) is 15.6. The van der Waals surface area contributed by atoms with Gasteiger partial charge in [0.1, 0.15) is 11.3 Å². The standard InChI is InChI=1S/C22H34N6/c1-19(2)11-23-21(5,24-12-19)16-9-7-15-8-10-17(28-18(15)27-16)22(6)25-13-20(3,4)14-26-22/h7-10,23-26H,11-14H2,1-6H3. The van der Waals surface area contributed by atoms with E-state index in [0.717, 1.165) is 48.6 Å². The Kier molecular flexibility index (Phi) is 4.54. The summed E-state index contributed by atoms with van der Waals surface area (Å²) in [5.74, 6) is 0. The van der Waals surface area contributed by atoms with Crippen LogP contribution in [0.2, 0.25) is 0 Å². The zero-order valence-electron chi connectivity index (χ0n) is 18.0. The molecule has 0 saturated carbocycles. The van der Waals surface area contributed by atoms with Gasteiger partial charge in [-0.15, -0.1) is 0 Å². The smallest absolute Gasteiger partial charge is 0.159 e. The predicted octanol–water partition coefficient (Wildman–Crippen LogP) is 2.41. The minimum Gasteiger partial charge on any atom is -0.294 e. The van der Waals surface area contributed by atoms with E-state index in [-0.39, 0.29) is 22.2 Å². The first-order chi connectivity index (χ1) is 13.0. The number of hydrogen-bond donors (Lipinski definition) is 4. The molecular formula is C22H34N6. The van der Waals surface area contributed by atoms with Gasteiger partial charge in [0.15, 0.2) is 5.65 Å². The molecule has 2 aromatic heterocycles. The number of rotatable bonds is 2. The zero-order valence-corrected chi connectivity index (χ0v) is 18.0. The van der Waals surface area contributed by atoms with Gasteiger partial charge in [0.05, 0.1) is 11.4 Å². The van der Waals surface area contributed by atoms with Gasteiger partial charge in [0, 0.05) is 31.6 Å². The Morgan fingerprint density at radius 2 is 0.964 bits per heavy atom. The highest BCUT2D eigenvalue weighted by molar-refractivity contribution is 5.75. The molecule has 4 rings (SSSR count). The summed E-state index contributed by atoms with van der Waals surface area (Å²) in [5.41, 5.74) is 2.56. The molecule has 2 saturated heterocycles. The van der Waals surface area contributed by atoms with E-state index in [2.05, 4.69) is 87.1 Å². The van der Waals surface area contributed by atoms with Crippen molar-refractivity contribution < 1.29 is 0 Å². The van der Waals surface area contributed by atoms with E-state index >= 15 is 0 Å². The summed E-state index contributed by atoms with van der Waals surface area (Å²) < 4.78 is 0. The number of pyridine rings is 2. The maximum absolute atomic E-state index is 4.94. The van der Waals surface area contributed by atoms with Crippen molar-refractivity contribution in [3.05, 3.63) is 35.7 Å². The Balaban J connectivity index is 1.65. The summed E-state index contributed by atoms with van der Waals surface area (Å²) >= 11 is 0. The SMILES string of the molecule is CC1(C)CNC(C)(c2ccc3ccc(C4(C)NCC(C)(C)CN4)nc3n2)NC1. The summed E-state index contributed by atoms with van der Waals surface area (Å²) in [6, 6.07) is 8.44. The highest BCUT2D eigenvalue weighted by Gasteiger charge is 2.38. The van der Waals surface area contributed by atoms with Gasteiger partial charge in [-0.25, -0.2) is 9.97 Å². The van der Waals surface area contributed by atoms with Gasteiger partial charge in [0.25, 0.3) is 0 Å².